The molecule has 3 aromatic rings. The molecule has 3 N–H and O–H groups in total. The highest BCUT2D eigenvalue weighted by Gasteiger charge is 2.51. The van der Waals surface area contributed by atoms with E-state index in [9.17, 15) is 18.7 Å². The third kappa shape index (κ3) is 4.33. The number of nitrogens with zero attached hydrogens (tertiary/aromatic N) is 4. The summed E-state index contributed by atoms with van der Waals surface area (Å²) >= 11 is 6.49. The highest BCUT2D eigenvalue weighted by Crippen LogP contribution is 2.45. The van der Waals surface area contributed by atoms with Gasteiger partial charge in [0.25, 0.3) is 5.56 Å². The van der Waals surface area contributed by atoms with Crippen LogP contribution in [0.15, 0.2) is 29.2 Å². The van der Waals surface area contributed by atoms with Gasteiger partial charge in [-0.15, -0.1) is 0 Å². The van der Waals surface area contributed by atoms with E-state index in [0.717, 1.165) is 0 Å². The molecule has 10 nitrogen and oxygen atoms in total. The molecular weight excluding hydrogens is 546 g/mol. The molecule has 0 amide bonds. The summed E-state index contributed by atoms with van der Waals surface area (Å²) in [6.45, 7) is 0.103. The van der Waals surface area contributed by atoms with Gasteiger partial charge in [0.2, 0.25) is 11.7 Å². The van der Waals surface area contributed by atoms with Crippen molar-refractivity contribution in [2.75, 3.05) is 35.4 Å². The van der Waals surface area contributed by atoms with E-state index in [1.165, 1.54) is 10.8 Å². The number of anilines is 4. The molecule has 1 unspecified atom stereocenters. The second kappa shape index (κ2) is 9.42. The zero-order valence-electron chi connectivity index (χ0n) is 21.7. The lowest BCUT2D eigenvalue weighted by atomic mass is 9.92. The molecule has 13 heteroatoms. The Hall–Kier alpha value is -3.22. The number of rotatable bonds is 4. The number of morpholine rings is 1. The predicted molar refractivity (Wildman–Crippen MR) is 146 cm³/mol. The summed E-state index contributed by atoms with van der Waals surface area (Å²) in [6.07, 6.45) is 3.68. The van der Waals surface area contributed by atoms with E-state index < -0.39 is 24.1 Å². The van der Waals surface area contributed by atoms with Gasteiger partial charge in [-0.25, -0.2) is 13.8 Å². The van der Waals surface area contributed by atoms with Gasteiger partial charge < -0.3 is 34.7 Å². The van der Waals surface area contributed by atoms with E-state index in [4.69, 9.17) is 26.1 Å². The van der Waals surface area contributed by atoms with E-state index >= 15 is 0 Å². The summed E-state index contributed by atoms with van der Waals surface area (Å²) in [5.41, 5.74) is 0.954. The summed E-state index contributed by atoms with van der Waals surface area (Å²) in [7, 11) is 1.59. The molecule has 4 aliphatic rings. The minimum atomic E-state index is -3.12. The molecule has 2 bridgehead atoms. The Morgan fingerprint density at radius 2 is 1.98 bits per heavy atom. The fourth-order valence-electron chi connectivity index (χ4n) is 6.21. The molecule has 212 valence electrons. The number of aliphatic hydroxyl groups is 1. The van der Waals surface area contributed by atoms with Gasteiger partial charge in [-0.1, -0.05) is 11.6 Å². The van der Waals surface area contributed by atoms with Crippen LogP contribution in [0.3, 0.4) is 0 Å². The van der Waals surface area contributed by atoms with Crippen LogP contribution in [0.1, 0.15) is 25.7 Å². The normalized spacial score (nSPS) is 27.4. The molecular formula is C27H29ClF2N6O4. The lowest BCUT2D eigenvalue weighted by Crippen LogP contribution is -2.59. The van der Waals surface area contributed by atoms with Crippen LogP contribution in [-0.4, -0.2) is 69.6 Å². The number of fused-ring (bicyclic) bond motifs is 5. The molecule has 3 aliphatic heterocycles. The molecule has 4 atom stereocenters. The topological polar surface area (TPSA) is 114 Å². The van der Waals surface area contributed by atoms with E-state index in [0.29, 0.717) is 72.3 Å². The van der Waals surface area contributed by atoms with Gasteiger partial charge in [0, 0.05) is 18.1 Å². The zero-order valence-corrected chi connectivity index (χ0v) is 22.5. The van der Waals surface area contributed by atoms with E-state index in [1.807, 2.05) is 0 Å². The highest BCUT2D eigenvalue weighted by molar-refractivity contribution is 6.33. The van der Waals surface area contributed by atoms with Gasteiger partial charge in [-0.3, -0.25) is 4.79 Å². The van der Waals surface area contributed by atoms with Gasteiger partial charge in [-0.2, -0.15) is 4.98 Å². The molecule has 3 fully saturated rings. The van der Waals surface area contributed by atoms with Crippen molar-refractivity contribution in [1.82, 2.24) is 14.5 Å². The number of hydrogen-bond donors (Lipinski definition) is 3. The molecule has 7 rings (SSSR count). The number of pyridine rings is 1. The first kappa shape index (κ1) is 25.7. The average molecular weight is 575 g/mol. The van der Waals surface area contributed by atoms with Crippen molar-refractivity contribution in [3.8, 4) is 5.75 Å². The Bertz CT molecular complexity index is 1540. The van der Waals surface area contributed by atoms with Crippen molar-refractivity contribution in [1.29, 1.82) is 0 Å². The third-order valence-corrected chi connectivity index (χ3v) is 8.61. The number of benzene rings is 1. The number of piperidine rings is 1. The summed E-state index contributed by atoms with van der Waals surface area (Å²) in [5.74, 6) is -2.55. The minimum Gasteiger partial charge on any atom is -0.480 e. The Morgan fingerprint density at radius 3 is 2.70 bits per heavy atom. The van der Waals surface area contributed by atoms with Crippen LogP contribution >= 0.6 is 11.6 Å². The van der Waals surface area contributed by atoms with Crippen molar-refractivity contribution < 1.29 is 23.4 Å². The van der Waals surface area contributed by atoms with Crippen LogP contribution in [0, 0.1) is 5.92 Å². The molecule has 0 radical (unpaired) electrons. The van der Waals surface area contributed by atoms with E-state index in [1.54, 1.807) is 25.2 Å². The highest BCUT2D eigenvalue weighted by atomic mass is 35.5. The number of aromatic nitrogens is 3. The quantitative estimate of drug-likeness (QED) is 0.429. The van der Waals surface area contributed by atoms with Crippen molar-refractivity contribution in [3.05, 3.63) is 39.8 Å². The first-order valence-corrected chi connectivity index (χ1v) is 13.8. The molecule has 1 aliphatic carbocycles. The summed E-state index contributed by atoms with van der Waals surface area (Å²) in [4.78, 5) is 24.3. The lowest BCUT2D eigenvalue weighted by molar-refractivity contribution is -0.0579. The fraction of sp³-hybridized carbons (Fsp3) is 0.519. The minimum absolute atomic E-state index is 0.0439. The van der Waals surface area contributed by atoms with E-state index in [2.05, 4.69) is 20.5 Å². The number of alkyl halides is 2. The number of halogens is 3. The zero-order chi connectivity index (χ0) is 27.8. The Balaban J connectivity index is 1.26. The molecule has 40 heavy (non-hydrogen) atoms. The van der Waals surface area contributed by atoms with Crippen molar-refractivity contribution in [2.45, 2.75) is 55.8 Å². The summed E-state index contributed by atoms with van der Waals surface area (Å²) in [6, 6.07) is 4.09. The van der Waals surface area contributed by atoms with Gasteiger partial charge in [0.1, 0.15) is 5.02 Å². The molecule has 1 saturated carbocycles. The Morgan fingerprint density at radius 1 is 1.23 bits per heavy atom. The largest absolute Gasteiger partial charge is 0.480 e. The number of aliphatic hydroxyl groups excluding tert-OH is 1. The van der Waals surface area contributed by atoms with Crippen LogP contribution in [0.25, 0.3) is 10.9 Å². The maximum atomic E-state index is 15.0. The summed E-state index contributed by atoms with van der Waals surface area (Å²) < 4.78 is 42.5. The van der Waals surface area contributed by atoms with Gasteiger partial charge in [0.05, 0.1) is 54.8 Å². The lowest BCUT2D eigenvalue weighted by Gasteiger charge is -2.47. The standard InChI is InChI=1S/C27H29ClF2N6O4/c1-35-20-5-4-14(6-18(20)21-22(25(35)38)40-12-27(29,30)23(33-21)13-2-3-13)32-24-19(28)9-31-26(34-24)36-15-7-17(37)8-16(36)11-39-10-15/h4-6,9,13,15-17,23,33,37H,2-3,7-8,10-12H2,1H3,(H,31,32,34)/t15-,16+,17-,23?. The predicted octanol–water partition coefficient (Wildman–Crippen LogP) is 3.67. The maximum Gasteiger partial charge on any atom is 0.301 e. The number of ether oxygens (including phenoxy) is 2. The average Bonchev–Trinajstić information content (AvgIpc) is 3.76. The monoisotopic (exact) mass is 574 g/mol. The van der Waals surface area contributed by atoms with Crippen LogP contribution in [0.4, 0.5) is 31.9 Å². The summed E-state index contributed by atoms with van der Waals surface area (Å²) in [5, 5.41) is 17.3. The first-order valence-electron chi connectivity index (χ1n) is 13.5. The first-order chi connectivity index (χ1) is 19.2. The van der Waals surface area contributed by atoms with Gasteiger partial charge in [-0.05, 0) is 49.8 Å². The van der Waals surface area contributed by atoms with Gasteiger partial charge in [0.15, 0.2) is 12.4 Å². The fourth-order valence-corrected chi connectivity index (χ4v) is 6.34. The van der Waals surface area contributed by atoms with Crippen molar-refractivity contribution in [2.24, 2.45) is 13.0 Å². The Labute approximate surface area is 233 Å². The van der Waals surface area contributed by atoms with Crippen LogP contribution in [0.2, 0.25) is 5.02 Å². The van der Waals surface area contributed by atoms with Crippen LogP contribution in [0.5, 0.6) is 5.75 Å². The number of aryl methyl sites for hydroxylation is 1. The molecule has 5 heterocycles. The molecule has 2 saturated heterocycles. The Kier molecular flexibility index (Phi) is 6.06. The molecule has 1 aromatic carbocycles. The second-order valence-electron chi connectivity index (χ2n) is 11.2. The molecule has 0 spiro atoms. The van der Waals surface area contributed by atoms with Gasteiger partial charge >= 0.3 is 5.92 Å². The number of nitrogens with one attached hydrogen (secondary N) is 2. The smallest absolute Gasteiger partial charge is 0.301 e. The second-order valence-corrected chi connectivity index (χ2v) is 11.6. The number of hydrogen-bond acceptors (Lipinski definition) is 9. The van der Waals surface area contributed by atoms with Crippen LogP contribution < -0.4 is 25.8 Å². The maximum absolute atomic E-state index is 15.0. The van der Waals surface area contributed by atoms with Crippen molar-refractivity contribution in [3.63, 3.8) is 0 Å². The SMILES string of the molecule is Cn1c(=O)c2c(c3cc(Nc4nc(N5[C@@H]6COC[C@H]5C[C@@H](O)C6)ncc4Cl)ccc31)NC(C1CC1)C(F)(F)CO2. The third-order valence-electron chi connectivity index (χ3n) is 8.33. The van der Waals surface area contributed by atoms with Crippen LogP contribution in [-0.2, 0) is 11.8 Å². The van der Waals surface area contributed by atoms with E-state index in [-0.39, 0.29) is 35.5 Å². The molecule has 2 aromatic heterocycles. The van der Waals surface area contributed by atoms with Crippen molar-refractivity contribution >= 4 is 45.6 Å².